The molecule has 0 atom stereocenters. The van der Waals surface area contributed by atoms with E-state index in [0.717, 1.165) is 37.5 Å². The zero-order valence-corrected chi connectivity index (χ0v) is 21.0. The Labute approximate surface area is 214 Å². The second-order valence-electron chi connectivity index (χ2n) is 8.80. The van der Waals surface area contributed by atoms with Gasteiger partial charge in [0, 0.05) is 44.0 Å². The summed E-state index contributed by atoms with van der Waals surface area (Å²) in [7, 11) is 0. The van der Waals surface area contributed by atoms with E-state index in [-0.39, 0.29) is 16.4 Å². The van der Waals surface area contributed by atoms with Crippen molar-refractivity contribution in [2.45, 2.75) is 19.8 Å². The van der Waals surface area contributed by atoms with Crippen molar-refractivity contribution in [2.24, 2.45) is 5.92 Å². The minimum absolute atomic E-state index is 0.0741. The summed E-state index contributed by atoms with van der Waals surface area (Å²) in [5.74, 6) is 0.194. The number of piperidine rings is 1. The number of hydrogen-bond donors (Lipinski definition) is 2. The van der Waals surface area contributed by atoms with Gasteiger partial charge in [-0.3, -0.25) is 20.2 Å². The molecule has 4 rings (SSSR count). The number of ether oxygens (including phenoxy) is 1. The number of nitrogens with one attached hydrogen (secondary N) is 2. The number of carbonyl (C=O) groups excluding carboxylic acids is 1. The van der Waals surface area contributed by atoms with Gasteiger partial charge < -0.3 is 19.9 Å². The summed E-state index contributed by atoms with van der Waals surface area (Å²) in [5.41, 5.74) is 2.23. The predicted molar refractivity (Wildman–Crippen MR) is 142 cm³/mol. The van der Waals surface area contributed by atoms with E-state index in [2.05, 4.69) is 22.5 Å². The Hall–Kier alpha value is -2.95. The summed E-state index contributed by atoms with van der Waals surface area (Å²) in [6, 6.07) is 9.85. The van der Waals surface area contributed by atoms with Crippen LogP contribution in [0.2, 0.25) is 5.02 Å². The minimum atomic E-state index is -0.530. The monoisotopic (exact) mass is 517 g/mol. The van der Waals surface area contributed by atoms with Gasteiger partial charge in [0.1, 0.15) is 0 Å². The van der Waals surface area contributed by atoms with Gasteiger partial charge in [0.2, 0.25) is 0 Å². The summed E-state index contributed by atoms with van der Waals surface area (Å²) >= 11 is 11.9. The number of carbonyl (C=O) groups is 1. The van der Waals surface area contributed by atoms with E-state index >= 15 is 0 Å². The molecule has 1 amide bonds. The fraction of sp³-hybridized carbons (Fsp3) is 0.417. The van der Waals surface area contributed by atoms with Crippen LogP contribution in [0, 0.1) is 16.0 Å². The molecule has 0 saturated carbocycles. The summed E-state index contributed by atoms with van der Waals surface area (Å²) in [4.78, 5) is 28.1. The molecule has 2 saturated heterocycles. The van der Waals surface area contributed by atoms with E-state index in [1.807, 2.05) is 17.0 Å². The van der Waals surface area contributed by atoms with E-state index < -0.39 is 10.8 Å². The lowest BCUT2D eigenvalue weighted by atomic mass is 9.99. The molecule has 2 heterocycles. The topological polar surface area (TPSA) is 100.0 Å². The average molecular weight is 518 g/mol. The molecular formula is C24H28ClN5O4S. The Morgan fingerprint density at radius 3 is 2.40 bits per heavy atom. The largest absolute Gasteiger partial charge is 0.378 e. The number of rotatable bonds is 5. The maximum absolute atomic E-state index is 13.1. The van der Waals surface area contributed by atoms with Crippen molar-refractivity contribution in [1.82, 2.24) is 5.32 Å². The summed E-state index contributed by atoms with van der Waals surface area (Å²) in [5, 5.41) is 17.6. The Bertz CT molecular complexity index is 1120. The maximum atomic E-state index is 13.1. The third-order valence-corrected chi connectivity index (χ3v) is 6.85. The van der Waals surface area contributed by atoms with Crippen LogP contribution in [0.25, 0.3) is 0 Å². The third-order valence-electron chi connectivity index (χ3n) is 6.34. The van der Waals surface area contributed by atoms with Crippen molar-refractivity contribution < 1.29 is 14.5 Å². The van der Waals surface area contributed by atoms with E-state index in [4.69, 9.17) is 28.6 Å². The lowest BCUT2D eigenvalue weighted by Crippen LogP contribution is -2.39. The normalized spacial score (nSPS) is 16.6. The van der Waals surface area contributed by atoms with Gasteiger partial charge in [-0.15, -0.1) is 0 Å². The highest BCUT2D eigenvalue weighted by molar-refractivity contribution is 7.80. The maximum Gasteiger partial charge on any atom is 0.270 e. The van der Waals surface area contributed by atoms with Gasteiger partial charge in [-0.05, 0) is 55.2 Å². The molecule has 186 valence electrons. The number of non-ortho nitro benzene ring substituents is 1. The van der Waals surface area contributed by atoms with E-state index in [1.165, 1.54) is 12.1 Å². The van der Waals surface area contributed by atoms with Gasteiger partial charge in [-0.1, -0.05) is 18.5 Å². The second-order valence-corrected chi connectivity index (χ2v) is 9.62. The molecule has 11 heteroatoms. The SMILES string of the molecule is CC1CCN(c2ccc(NC(=S)NC(=O)c3cc([N+](=O)[O-])ccc3N3CCOCC3)cc2Cl)CC1. The Kier molecular flexibility index (Phi) is 8.04. The second kappa shape index (κ2) is 11.2. The zero-order valence-electron chi connectivity index (χ0n) is 19.5. The molecule has 2 aliphatic heterocycles. The van der Waals surface area contributed by atoms with Crippen LogP contribution in [0.5, 0.6) is 0 Å². The molecule has 9 nitrogen and oxygen atoms in total. The number of morpholine rings is 1. The third kappa shape index (κ3) is 6.19. The summed E-state index contributed by atoms with van der Waals surface area (Å²) < 4.78 is 5.38. The first-order valence-electron chi connectivity index (χ1n) is 11.6. The molecule has 35 heavy (non-hydrogen) atoms. The van der Waals surface area contributed by atoms with Crippen LogP contribution in [-0.4, -0.2) is 55.3 Å². The lowest BCUT2D eigenvalue weighted by molar-refractivity contribution is -0.384. The molecule has 0 aromatic heterocycles. The van der Waals surface area contributed by atoms with Crippen molar-refractivity contribution >= 4 is 57.6 Å². The number of hydrogen-bond acceptors (Lipinski definition) is 7. The fourth-order valence-electron chi connectivity index (χ4n) is 4.32. The molecule has 0 aliphatic carbocycles. The molecule has 0 radical (unpaired) electrons. The smallest absolute Gasteiger partial charge is 0.270 e. The van der Waals surface area contributed by atoms with Gasteiger partial charge in [0.05, 0.1) is 40.1 Å². The first-order chi connectivity index (χ1) is 16.8. The van der Waals surface area contributed by atoms with E-state index in [0.29, 0.717) is 42.7 Å². The number of amides is 1. The first kappa shape index (κ1) is 25.2. The standard InChI is InChI=1S/C24H28ClN5O4S/c1-16-6-8-28(9-7-16)22-4-2-17(14-20(22)25)26-24(35)27-23(31)19-15-18(30(32)33)3-5-21(19)29-10-12-34-13-11-29/h2-5,14-16H,6-13H2,1H3,(H2,26,27,31,35). The number of benzene rings is 2. The van der Waals surface area contributed by atoms with Crippen molar-refractivity contribution in [3.63, 3.8) is 0 Å². The van der Waals surface area contributed by atoms with Crippen molar-refractivity contribution in [1.29, 1.82) is 0 Å². The molecule has 0 spiro atoms. The van der Waals surface area contributed by atoms with E-state index in [1.54, 1.807) is 12.1 Å². The minimum Gasteiger partial charge on any atom is -0.378 e. The molecular weight excluding hydrogens is 490 g/mol. The van der Waals surface area contributed by atoms with E-state index in [9.17, 15) is 14.9 Å². The Morgan fingerprint density at radius 1 is 1.09 bits per heavy atom. The first-order valence-corrected chi connectivity index (χ1v) is 12.4. The average Bonchev–Trinajstić information content (AvgIpc) is 2.85. The number of halogens is 1. The highest BCUT2D eigenvalue weighted by Crippen LogP contribution is 2.32. The lowest BCUT2D eigenvalue weighted by Gasteiger charge is -2.32. The molecule has 0 unspecified atom stereocenters. The van der Waals surface area contributed by atoms with Crippen LogP contribution < -0.4 is 20.4 Å². The van der Waals surface area contributed by atoms with Gasteiger partial charge in [0.15, 0.2) is 5.11 Å². The number of nitro benzene ring substituents is 1. The quantitative estimate of drug-likeness (QED) is 0.341. The van der Waals surface area contributed by atoms with Crippen LogP contribution in [0.4, 0.5) is 22.7 Å². The fourth-order valence-corrected chi connectivity index (χ4v) is 4.83. The summed E-state index contributed by atoms with van der Waals surface area (Å²) in [6.07, 6.45) is 2.27. The van der Waals surface area contributed by atoms with Crippen LogP contribution >= 0.6 is 23.8 Å². The molecule has 2 fully saturated rings. The molecule has 2 aromatic carbocycles. The molecule has 2 aromatic rings. The zero-order chi connectivity index (χ0) is 24.9. The number of thiocarbonyl (C=S) groups is 1. The van der Waals surface area contributed by atoms with Gasteiger partial charge >= 0.3 is 0 Å². The predicted octanol–water partition coefficient (Wildman–Crippen LogP) is 4.45. The van der Waals surface area contributed by atoms with Crippen LogP contribution in [0.3, 0.4) is 0 Å². The summed E-state index contributed by atoms with van der Waals surface area (Å²) in [6.45, 7) is 6.41. The molecule has 2 N–H and O–H groups in total. The highest BCUT2D eigenvalue weighted by atomic mass is 35.5. The Balaban J connectivity index is 1.45. The van der Waals surface area contributed by atoms with Crippen molar-refractivity contribution in [3.05, 3.63) is 57.1 Å². The van der Waals surface area contributed by atoms with Gasteiger partial charge in [0.25, 0.3) is 11.6 Å². The van der Waals surface area contributed by atoms with Gasteiger partial charge in [-0.2, -0.15) is 0 Å². The highest BCUT2D eigenvalue weighted by Gasteiger charge is 2.23. The number of nitrogens with zero attached hydrogens (tertiary/aromatic N) is 3. The number of anilines is 3. The Morgan fingerprint density at radius 2 is 1.74 bits per heavy atom. The molecule has 2 aliphatic rings. The number of nitro groups is 1. The van der Waals surface area contributed by atoms with Gasteiger partial charge in [-0.25, -0.2) is 0 Å². The van der Waals surface area contributed by atoms with Crippen LogP contribution in [-0.2, 0) is 4.74 Å². The van der Waals surface area contributed by atoms with Crippen molar-refractivity contribution in [3.8, 4) is 0 Å². The van der Waals surface area contributed by atoms with Crippen LogP contribution in [0.1, 0.15) is 30.1 Å². The van der Waals surface area contributed by atoms with Crippen molar-refractivity contribution in [2.75, 3.05) is 54.5 Å². The van der Waals surface area contributed by atoms with Crippen LogP contribution in [0.15, 0.2) is 36.4 Å². The molecule has 0 bridgehead atoms.